The number of carbonyl (C=O) groups excluding carboxylic acids is 1. The first-order valence-electron chi connectivity index (χ1n) is 17.3. The Bertz CT molecular complexity index is 1430. The van der Waals surface area contributed by atoms with Crippen LogP contribution in [0, 0.1) is 56.7 Å². The molecule has 6 nitrogen and oxygen atoms in total. The van der Waals surface area contributed by atoms with Gasteiger partial charge in [-0.15, -0.1) is 0 Å². The Hall–Kier alpha value is -2.76. The Morgan fingerprint density at radius 3 is 2.27 bits per heavy atom. The number of phenols is 2. The molecule has 1 aromatic rings. The van der Waals surface area contributed by atoms with Crippen LogP contribution in [0.3, 0.4) is 0 Å². The maximum atomic E-state index is 13.0. The molecule has 0 spiro atoms. The number of carboxylic acid groups (broad SMARTS) is 1. The third kappa shape index (κ3) is 4.54. The first kappa shape index (κ1) is 32.2. The molecule has 0 radical (unpaired) electrons. The largest absolute Gasteiger partial charge is 0.504 e. The van der Waals surface area contributed by atoms with E-state index in [9.17, 15) is 24.9 Å². The average Bonchev–Trinajstić information content (AvgIpc) is 3.37. The lowest BCUT2D eigenvalue weighted by Gasteiger charge is -2.72. The predicted molar refractivity (Wildman–Crippen MR) is 175 cm³/mol. The van der Waals surface area contributed by atoms with Crippen LogP contribution in [0.25, 0.3) is 6.08 Å². The molecule has 0 heterocycles. The van der Waals surface area contributed by atoms with Gasteiger partial charge in [0.05, 0.1) is 5.41 Å². The molecule has 5 saturated carbocycles. The average molecular weight is 619 g/mol. The first-order valence-corrected chi connectivity index (χ1v) is 17.3. The fourth-order valence-corrected chi connectivity index (χ4v) is 12.7. The number of esters is 1. The minimum Gasteiger partial charge on any atom is -0.504 e. The molecule has 1 aromatic carbocycles. The van der Waals surface area contributed by atoms with E-state index in [-0.39, 0.29) is 51.2 Å². The van der Waals surface area contributed by atoms with Crippen molar-refractivity contribution in [3.8, 4) is 11.5 Å². The normalized spacial score (nSPS) is 43.4. The van der Waals surface area contributed by atoms with E-state index in [0.717, 1.165) is 64.2 Å². The van der Waals surface area contributed by atoms with Gasteiger partial charge in [0.2, 0.25) is 0 Å². The zero-order chi connectivity index (χ0) is 32.7. The first-order chi connectivity index (χ1) is 21.0. The van der Waals surface area contributed by atoms with Crippen LogP contribution in [0.2, 0.25) is 0 Å². The van der Waals surface area contributed by atoms with Gasteiger partial charge in [0.15, 0.2) is 11.5 Å². The molecule has 0 aromatic heterocycles. The van der Waals surface area contributed by atoms with Crippen molar-refractivity contribution in [2.45, 2.75) is 112 Å². The molecule has 5 fully saturated rings. The Morgan fingerprint density at radius 2 is 1.60 bits per heavy atom. The molecule has 5 aliphatic carbocycles. The molecule has 0 aliphatic heterocycles. The van der Waals surface area contributed by atoms with E-state index in [1.54, 1.807) is 12.1 Å². The monoisotopic (exact) mass is 618 g/mol. The molecule has 6 rings (SSSR count). The molecule has 10 atom stereocenters. The Morgan fingerprint density at radius 1 is 0.867 bits per heavy atom. The number of hydrogen-bond acceptors (Lipinski definition) is 5. The van der Waals surface area contributed by atoms with E-state index in [0.29, 0.717) is 29.2 Å². The summed E-state index contributed by atoms with van der Waals surface area (Å²) in [5, 5.41) is 30.0. The molecular weight excluding hydrogens is 564 g/mol. The standard InChI is InChI=1S/C39H54O6/c1-23(2)25-14-19-39(34(43)44)21-20-37(6)26(33(25)39)10-12-30-36(5)17-16-31(35(3,4)29(36)15-18-38(30,37)7)45-32(42)13-9-24-8-11-27(40)28(41)22-24/h8-9,11,13,22,25-26,29-31,33,40-41H,1,10,12,14-21H2,2-7H3,(H,43,44)/b13-9-/t25-,26?,29-,30?,31-,33?,36-,37+,38+,39-/m0/s1. The van der Waals surface area contributed by atoms with Gasteiger partial charge in [-0.3, -0.25) is 4.79 Å². The highest BCUT2D eigenvalue weighted by Gasteiger charge is 2.72. The molecular formula is C39H54O6. The number of aliphatic carboxylic acids is 1. The lowest BCUT2D eigenvalue weighted by atomic mass is 9.32. The van der Waals surface area contributed by atoms with E-state index in [1.165, 1.54) is 23.8 Å². The summed E-state index contributed by atoms with van der Waals surface area (Å²) in [6, 6.07) is 4.46. The van der Waals surface area contributed by atoms with E-state index in [2.05, 4.69) is 48.1 Å². The predicted octanol–water partition coefficient (Wildman–Crippen LogP) is 8.77. The Balaban J connectivity index is 1.23. The minimum atomic E-state index is -0.598. The van der Waals surface area contributed by atoms with Crippen molar-refractivity contribution in [3.05, 3.63) is 42.0 Å². The minimum absolute atomic E-state index is 0.0898. The number of carboxylic acids is 1. The van der Waals surface area contributed by atoms with Gasteiger partial charge in [0, 0.05) is 11.5 Å². The number of fused-ring (bicyclic) bond motifs is 7. The Labute approximate surface area is 269 Å². The molecule has 3 unspecified atom stereocenters. The van der Waals surface area contributed by atoms with Crippen LogP contribution in [0.1, 0.15) is 111 Å². The second-order valence-corrected chi connectivity index (χ2v) is 17.0. The van der Waals surface area contributed by atoms with Crippen LogP contribution in [-0.4, -0.2) is 33.4 Å². The highest BCUT2D eigenvalue weighted by Crippen LogP contribution is 2.77. The molecule has 0 bridgehead atoms. The molecule has 3 N–H and O–H groups in total. The van der Waals surface area contributed by atoms with Gasteiger partial charge in [-0.1, -0.05) is 52.8 Å². The summed E-state index contributed by atoms with van der Waals surface area (Å²) in [5.41, 5.74) is 1.34. The quantitative estimate of drug-likeness (QED) is 0.132. The van der Waals surface area contributed by atoms with Gasteiger partial charge < -0.3 is 20.1 Å². The number of benzene rings is 1. The Kier molecular flexibility index (Phi) is 7.61. The van der Waals surface area contributed by atoms with Gasteiger partial charge >= 0.3 is 11.9 Å². The van der Waals surface area contributed by atoms with Crippen LogP contribution >= 0.6 is 0 Å². The van der Waals surface area contributed by atoms with Crippen molar-refractivity contribution in [1.29, 1.82) is 0 Å². The summed E-state index contributed by atoms with van der Waals surface area (Å²) in [6.07, 6.45) is 12.7. The van der Waals surface area contributed by atoms with E-state index in [1.807, 2.05) is 0 Å². The smallest absolute Gasteiger partial charge is 0.331 e. The number of ether oxygens (including phenoxy) is 1. The van der Waals surface area contributed by atoms with Crippen molar-refractivity contribution in [1.82, 2.24) is 0 Å². The van der Waals surface area contributed by atoms with Gasteiger partial charge in [0.1, 0.15) is 6.10 Å². The summed E-state index contributed by atoms with van der Waals surface area (Å²) < 4.78 is 6.16. The summed E-state index contributed by atoms with van der Waals surface area (Å²) in [4.78, 5) is 25.9. The SMILES string of the molecule is C=C(C)[C@@H]1CC[C@]2(C(=O)O)CC[C@]3(C)C(CCC4[C@@]5(C)CC[C@H](OC(=O)/C=C\c6ccc(O)c(O)c6)C(C)(C)[C@@H]5CC[C@]43C)C12. The molecule has 6 heteroatoms. The summed E-state index contributed by atoms with van der Waals surface area (Å²) in [7, 11) is 0. The molecule has 5 aliphatic rings. The fraction of sp³-hybridized carbons (Fsp3) is 0.692. The van der Waals surface area contributed by atoms with Crippen LogP contribution < -0.4 is 0 Å². The molecule has 246 valence electrons. The number of allylic oxidation sites excluding steroid dienone is 1. The summed E-state index contributed by atoms with van der Waals surface area (Å²) in [6.45, 7) is 18.7. The summed E-state index contributed by atoms with van der Waals surface area (Å²) >= 11 is 0. The maximum Gasteiger partial charge on any atom is 0.331 e. The third-order valence-corrected chi connectivity index (χ3v) is 15.1. The van der Waals surface area contributed by atoms with Crippen molar-refractivity contribution < 1.29 is 29.6 Å². The van der Waals surface area contributed by atoms with Crippen LogP contribution in [0.15, 0.2) is 36.4 Å². The van der Waals surface area contributed by atoms with Crippen molar-refractivity contribution in [2.24, 2.45) is 56.7 Å². The summed E-state index contributed by atoms with van der Waals surface area (Å²) in [5.74, 6) is 0.473. The van der Waals surface area contributed by atoms with Gasteiger partial charge in [0.25, 0.3) is 0 Å². The van der Waals surface area contributed by atoms with Crippen LogP contribution in [0.5, 0.6) is 11.5 Å². The van der Waals surface area contributed by atoms with E-state index < -0.39 is 11.4 Å². The lowest BCUT2D eigenvalue weighted by Crippen LogP contribution is -2.67. The topological polar surface area (TPSA) is 104 Å². The van der Waals surface area contributed by atoms with E-state index >= 15 is 0 Å². The molecule has 0 saturated heterocycles. The van der Waals surface area contributed by atoms with Gasteiger partial charge in [-0.2, -0.15) is 0 Å². The second-order valence-electron chi connectivity index (χ2n) is 17.0. The number of aromatic hydroxyl groups is 2. The van der Waals surface area contributed by atoms with Crippen molar-refractivity contribution >= 4 is 18.0 Å². The molecule has 0 amide bonds. The number of hydrogen-bond donors (Lipinski definition) is 3. The van der Waals surface area contributed by atoms with Gasteiger partial charge in [-0.05, 0) is 141 Å². The lowest BCUT2D eigenvalue weighted by molar-refractivity contribution is -0.250. The number of rotatable bonds is 5. The second kappa shape index (κ2) is 10.6. The van der Waals surface area contributed by atoms with Gasteiger partial charge in [-0.25, -0.2) is 4.79 Å². The van der Waals surface area contributed by atoms with E-state index in [4.69, 9.17) is 4.74 Å². The van der Waals surface area contributed by atoms with Crippen LogP contribution in [-0.2, 0) is 14.3 Å². The maximum absolute atomic E-state index is 13.0. The zero-order valence-corrected chi connectivity index (χ0v) is 28.2. The van der Waals surface area contributed by atoms with Crippen LogP contribution in [0.4, 0.5) is 0 Å². The fourth-order valence-electron chi connectivity index (χ4n) is 12.7. The van der Waals surface area contributed by atoms with Crippen molar-refractivity contribution in [3.63, 3.8) is 0 Å². The molecule has 45 heavy (non-hydrogen) atoms. The highest BCUT2D eigenvalue weighted by atomic mass is 16.5. The zero-order valence-electron chi connectivity index (χ0n) is 28.2. The number of phenolic OH excluding ortho intramolecular Hbond substituents is 2. The van der Waals surface area contributed by atoms with Crippen molar-refractivity contribution in [2.75, 3.05) is 0 Å². The number of carbonyl (C=O) groups is 2. The third-order valence-electron chi connectivity index (χ3n) is 15.1. The highest BCUT2D eigenvalue weighted by molar-refractivity contribution is 5.87.